The summed E-state index contributed by atoms with van der Waals surface area (Å²) in [6.45, 7) is 7.47. The van der Waals surface area contributed by atoms with Crippen LogP contribution in [0.5, 0.6) is 5.75 Å². The summed E-state index contributed by atoms with van der Waals surface area (Å²) in [7, 11) is -2.33. The normalized spacial score (nSPS) is 16.0. The lowest BCUT2D eigenvalue weighted by Gasteiger charge is -2.37. The Balaban J connectivity index is 1.99. The molecule has 2 aromatic rings. The number of alkyl halides is 2. The summed E-state index contributed by atoms with van der Waals surface area (Å²) in [5.74, 6) is -2.33. The molecule has 0 aliphatic carbocycles. The molecular formula is C25H30F4N2O4Si. The Labute approximate surface area is 208 Å². The Hall–Kier alpha value is -3.08. The molecule has 0 saturated heterocycles. The maximum Gasteiger partial charge on any atom is 0.411 e. The minimum absolute atomic E-state index is 0.0189. The van der Waals surface area contributed by atoms with Crippen molar-refractivity contribution in [1.82, 2.24) is 4.90 Å². The molecule has 196 valence electrons. The average molecular weight is 527 g/mol. The average Bonchev–Trinajstić information content (AvgIpc) is 2.69. The largest absolute Gasteiger partial charge is 0.444 e. The van der Waals surface area contributed by atoms with E-state index in [0.29, 0.717) is 11.1 Å². The first-order valence-electron chi connectivity index (χ1n) is 11.4. The van der Waals surface area contributed by atoms with Crippen LogP contribution in [0.4, 0.5) is 28.0 Å². The zero-order valence-electron chi connectivity index (χ0n) is 21.0. The van der Waals surface area contributed by atoms with E-state index in [-0.39, 0.29) is 29.6 Å². The first-order chi connectivity index (χ1) is 16.6. The molecule has 0 spiro atoms. The number of benzene rings is 2. The van der Waals surface area contributed by atoms with E-state index in [1.165, 1.54) is 23.1 Å². The lowest BCUT2D eigenvalue weighted by Crippen LogP contribution is -2.47. The molecule has 0 fully saturated rings. The summed E-state index contributed by atoms with van der Waals surface area (Å²) in [4.78, 5) is 27.6. The van der Waals surface area contributed by atoms with Crippen LogP contribution in [0.1, 0.15) is 37.9 Å². The Morgan fingerprint density at radius 1 is 1.08 bits per heavy atom. The Bertz CT molecular complexity index is 1140. The fourth-order valence-corrected chi connectivity index (χ4v) is 5.73. The molecule has 0 aromatic heterocycles. The van der Waals surface area contributed by atoms with Gasteiger partial charge in [0.1, 0.15) is 29.0 Å². The van der Waals surface area contributed by atoms with Crippen LogP contribution in [0.2, 0.25) is 19.6 Å². The molecule has 1 aliphatic heterocycles. The molecule has 0 saturated carbocycles. The van der Waals surface area contributed by atoms with E-state index in [2.05, 4.69) is 10.1 Å². The number of carbonyl (C=O) groups is 2. The number of fused-ring (bicyclic) bond motifs is 1. The molecular weight excluding hydrogens is 496 g/mol. The van der Waals surface area contributed by atoms with Crippen LogP contribution in [0, 0.1) is 11.6 Å². The highest BCUT2D eigenvalue weighted by molar-refractivity contribution is 6.88. The zero-order chi connectivity index (χ0) is 27.0. The minimum atomic E-state index is -3.02. The van der Waals surface area contributed by atoms with Gasteiger partial charge in [0.15, 0.2) is 0 Å². The van der Waals surface area contributed by atoms with E-state index in [1.807, 2.05) is 0 Å². The van der Waals surface area contributed by atoms with Crippen molar-refractivity contribution in [3.8, 4) is 5.75 Å². The van der Waals surface area contributed by atoms with E-state index < -0.39 is 50.0 Å². The van der Waals surface area contributed by atoms with Gasteiger partial charge < -0.3 is 14.8 Å². The van der Waals surface area contributed by atoms with E-state index >= 15 is 0 Å². The first-order valence-corrected chi connectivity index (χ1v) is 14.9. The van der Waals surface area contributed by atoms with Gasteiger partial charge in [0.2, 0.25) is 0 Å². The standard InChI is InChI=1S/C25H30F4N2O4Si/c1-25(2,3)35-24(33)31-10-9-14-11-16(34-23(28)29)7-8-17(14)20(31)22(32)30-15-12-18(26)21(19(27)13-15)36(4,5)6/h7-8,11-13,20,23H,9-10H2,1-6H3,(H,30,32)/t20-/m1/s1. The van der Waals surface area contributed by atoms with Gasteiger partial charge in [-0.2, -0.15) is 8.78 Å². The van der Waals surface area contributed by atoms with E-state index in [1.54, 1.807) is 40.4 Å². The van der Waals surface area contributed by atoms with Crippen molar-refractivity contribution in [3.05, 3.63) is 53.1 Å². The number of halogens is 4. The molecule has 1 N–H and O–H groups in total. The molecule has 2 aromatic carbocycles. The Morgan fingerprint density at radius 2 is 1.69 bits per heavy atom. The van der Waals surface area contributed by atoms with Gasteiger partial charge >= 0.3 is 12.7 Å². The molecule has 2 amide bonds. The summed E-state index contributed by atoms with van der Waals surface area (Å²) in [5.41, 5.74) is -0.0527. The van der Waals surface area contributed by atoms with Crippen LogP contribution < -0.4 is 15.2 Å². The van der Waals surface area contributed by atoms with Crippen molar-refractivity contribution in [2.75, 3.05) is 11.9 Å². The highest BCUT2D eigenvalue weighted by atomic mass is 28.3. The number of hydrogen-bond acceptors (Lipinski definition) is 4. The predicted octanol–water partition coefficient (Wildman–Crippen LogP) is 5.58. The van der Waals surface area contributed by atoms with Crippen LogP contribution in [-0.4, -0.2) is 43.7 Å². The smallest absolute Gasteiger partial charge is 0.411 e. The summed E-state index contributed by atoms with van der Waals surface area (Å²) in [6.07, 6.45) is -0.500. The van der Waals surface area contributed by atoms with E-state index in [0.717, 1.165) is 12.1 Å². The van der Waals surface area contributed by atoms with Gasteiger partial charge in [-0.15, -0.1) is 0 Å². The second-order valence-electron chi connectivity index (χ2n) is 10.6. The Kier molecular flexibility index (Phi) is 7.73. The van der Waals surface area contributed by atoms with Gasteiger partial charge in [-0.1, -0.05) is 25.7 Å². The highest BCUT2D eigenvalue weighted by Crippen LogP contribution is 2.35. The number of rotatable bonds is 5. The second-order valence-corrected chi connectivity index (χ2v) is 15.6. The molecule has 6 nitrogen and oxygen atoms in total. The number of amides is 2. The summed E-state index contributed by atoms with van der Waals surface area (Å²) >= 11 is 0. The lowest BCUT2D eigenvalue weighted by molar-refractivity contribution is -0.122. The molecule has 0 radical (unpaired) electrons. The third-order valence-corrected chi connectivity index (χ3v) is 7.48. The van der Waals surface area contributed by atoms with Gasteiger partial charge in [-0.05, 0) is 62.6 Å². The quantitative estimate of drug-likeness (QED) is 0.408. The zero-order valence-corrected chi connectivity index (χ0v) is 22.0. The summed E-state index contributed by atoms with van der Waals surface area (Å²) in [6, 6.07) is 4.95. The fraction of sp³-hybridized carbons (Fsp3) is 0.440. The van der Waals surface area contributed by atoms with Crippen molar-refractivity contribution in [2.24, 2.45) is 0 Å². The number of carbonyl (C=O) groups excluding carboxylic acids is 2. The summed E-state index contributed by atoms with van der Waals surface area (Å²) < 4.78 is 64.8. The third kappa shape index (κ3) is 6.37. The molecule has 11 heteroatoms. The molecule has 0 bridgehead atoms. The predicted molar refractivity (Wildman–Crippen MR) is 130 cm³/mol. The van der Waals surface area contributed by atoms with Crippen molar-refractivity contribution >= 4 is 30.9 Å². The van der Waals surface area contributed by atoms with E-state index in [4.69, 9.17) is 4.74 Å². The van der Waals surface area contributed by atoms with Gasteiger partial charge in [0.05, 0.1) is 8.07 Å². The van der Waals surface area contributed by atoms with Crippen LogP contribution >= 0.6 is 0 Å². The molecule has 3 rings (SSSR count). The summed E-state index contributed by atoms with van der Waals surface area (Å²) in [5, 5.41) is 2.52. The van der Waals surface area contributed by atoms with Gasteiger partial charge in [-0.3, -0.25) is 9.69 Å². The number of ether oxygens (including phenoxy) is 2. The second kappa shape index (κ2) is 10.1. The monoisotopic (exact) mass is 526 g/mol. The first kappa shape index (κ1) is 27.5. The van der Waals surface area contributed by atoms with Gasteiger partial charge in [0, 0.05) is 17.4 Å². The van der Waals surface area contributed by atoms with Gasteiger partial charge in [-0.25, -0.2) is 13.6 Å². The topological polar surface area (TPSA) is 67.9 Å². The molecule has 1 aliphatic rings. The minimum Gasteiger partial charge on any atom is -0.444 e. The number of hydrogen-bond donors (Lipinski definition) is 1. The maximum absolute atomic E-state index is 14.8. The van der Waals surface area contributed by atoms with Crippen molar-refractivity contribution < 1.29 is 36.6 Å². The third-order valence-electron chi connectivity index (χ3n) is 5.50. The number of nitrogens with zero attached hydrogens (tertiary/aromatic N) is 1. The van der Waals surface area contributed by atoms with Crippen LogP contribution in [-0.2, 0) is 16.0 Å². The number of nitrogens with one attached hydrogen (secondary N) is 1. The molecule has 1 heterocycles. The van der Waals surface area contributed by atoms with Crippen molar-refractivity contribution in [3.63, 3.8) is 0 Å². The Morgan fingerprint density at radius 3 is 2.22 bits per heavy atom. The van der Waals surface area contributed by atoms with Crippen LogP contribution in [0.3, 0.4) is 0 Å². The van der Waals surface area contributed by atoms with Crippen LogP contribution in [0.15, 0.2) is 30.3 Å². The SMILES string of the molecule is CC(C)(C)OC(=O)N1CCc2cc(OC(F)F)ccc2[C@@H]1C(=O)Nc1cc(F)c([Si](C)(C)C)c(F)c1. The molecule has 36 heavy (non-hydrogen) atoms. The fourth-order valence-electron chi connectivity index (χ4n) is 4.15. The lowest BCUT2D eigenvalue weighted by atomic mass is 9.92. The van der Waals surface area contributed by atoms with Crippen LogP contribution in [0.25, 0.3) is 0 Å². The maximum atomic E-state index is 14.8. The molecule has 1 atom stereocenters. The molecule has 0 unspecified atom stereocenters. The van der Waals surface area contributed by atoms with Crippen molar-refractivity contribution in [1.29, 1.82) is 0 Å². The van der Waals surface area contributed by atoms with E-state index in [9.17, 15) is 27.2 Å². The van der Waals surface area contributed by atoms with Gasteiger partial charge in [0.25, 0.3) is 5.91 Å². The van der Waals surface area contributed by atoms with Crippen molar-refractivity contribution in [2.45, 2.75) is 65.1 Å². The highest BCUT2D eigenvalue weighted by Gasteiger charge is 2.38. The number of anilines is 1.